The minimum Gasteiger partial charge on any atom is -0.478 e. The molecule has 0 aliphatic rings. The first-order valence-electron chi connectivity index (χ1n) is 3.78. The molecule has 0 fully saturated rings. The number of nitrogens with two attached hydrogens (primary N) is 1. The van der Waals surface area contributed by atoms with Crippen molar-refractivity contribution in [3.05, 3.63) is 18.3 Å². The number of primary amides is 1. The average Bonchev–Trinajstić information content (AvgIpc) is 2.08. The molecule has 13 heavy (non-hydrogen) atoms. The van der Waals surface area contributed by atoms with Crippen molar-refractivity contribution in [2.45, 2.75) is 6.92 Å². The number of rotatable bonds is 3. The standard InChI is InChI=1S/C8H10N2O3/c1-2-12-7-4-3-6(5-10-7)13-8(9)11/h3-5H,2H2,1H3,(H2,9,11). The van der Waals surface area contributed by atoms with Crippen LogP contribution in [0.2, 0.25) is 0 Å². The van der Waals surface area contributed by atoms with E-state index < -0.39 is 6.09 Å². The zero-order chi connectivity index (χ0) is 9.68. The number of hydrogen-bond donors (Lipinski definition) is 1. The highest BCUT2D eigenvalue weighted by Gasteiger charge is 1.99. The summed E-state index contributed by atoms with van der Waals surface area (Å²) < 4.78 is 9.65. The molecule has 0 saturated heterocycles. The number of hydrogen-bond acceptors (Lipinski definition) is 4. The van der Waals surface area contributed by atoms with E-state index in [2.05, 4.69) is 9.72 Å². The monoisotopic (exact) mass is 182 g/mol. The van der Waals surface area contributed by atoms with Crippen LogP contribution in [0.4, 0.5) is 4.79 Å². The van der Waals surface area contributed by atoms with Gasteiger partial charge in [-0.1, -0.05) is 0 Å². The Morgan fingerprint density at radius 1 is 1.62 bits per heavy atom. The van der Waals surface area contributed by atoms with Crippen molar-refractivity contribution >= 4 is 6.09 Å². The molecule has 0 bridgehead atoms. The molecule has 0 saturated carbocycles. The minimum atomic E-state index is -0.856. The number of ether oxygens (including phenoxy) is 2. The first-order chi connectivity index (χ1) is 6.22. The van der Waals surface area contributed by atoms with Gasteiger partial charge in [0, 0.05) is 6.07 Å². The first-order valence-corrected chi connectivity index (χ1v) is 3.78. The summed E-state index contributed by atoms with van der Waals surface area (Å²) in [5, 5.41) is 0. The molecule has 1 rings (SSSR count). The summed E-state index contributed by atoms with van der Waals surface area (Å²) in [7, 11) is 0. The Morgan fingerprint density at radius 3 is 2.85 bits per heavy atom. The molecular formula is C8H10N2O3. The third kappa shape index (κ3) is 2.98. The second-order valence-electron chi connectivity index (χ2n) is 2.19. The van der Waals surface area contributed by atoms with E-state index in [4.69, 9.17) is 10.5 Å². The van der Waals surface area contributed by atoms with Crippen LogP contribution in [0.25, 0.3) is 0 Å². The topological polar surface area (TPSA) is 74.4 Å². The van der Waals surface area contributed by atoms with Gasteiger partial charge in [-0.15, -0.1) is 0 Å². The summed E-state index contributed by atoms with van der Waals surface area (Å²) in [4.78, 5) is 14.2. The fraction of sp³-hybridized carbons (Fsp3) is 0.250. The van der Waals surface area contributed by atoms with Crippen molar-refractivity contribution in [2.24, 2.45) is 5.73 Å². The molecule has 2 N–H and O–H groups in total. The van der Waals surface area contributed by atoms with E-state index in [1.165, 1.54) is 6.20 Å². The Morgan fingerprint density at radius 2 is 2.38 bits per heavy atom. The largest absolute Gasteiger partial charge is 0.478 e. The maximum atomic E-state index is 10.3. The number of carbonyl (C=O) groups excluding carboxylic acids is 1. The molecule has 0 atom stereocenters. The Hall–Kier alpha value is -1.78. The maximum absolute atomic E-state index is 10.3. The molecule has 1 amide bonds. The summed E-state index contributed by atoms with van der Waals surface area (Å²) >= 11 is 0. The lowest BCUT2D eigenvalue weighted by Crippen LogP contribution is -2.16. The number of pyridine rings is 1. The van der Waals surface area contributed by atoms with Crippen LogP contribution in [0.15, 0.2) is 18.3 Å². The lowest BCUT2D eigenvalue weighted by molar-refractivity contribution is 0.210. The van der Waals surface area contributed by atoms with Crippen LogP contribution in [0, 0.1) is 0 Å². The van der Waals surface area contributed by atoms with Crippen LogP contribution in [-0.4, -0.2) is 17.7 Å². The summed E-state index contributed by atoms with van der Waals surface area (Å²) in [6, 6.07) is 3.16. The molecule has 5 nitrogen and oxygen atoms in total. The van der Waals surface area contributed by atoms with Crippen LogP contribution in [0.3, 0.4) is 0 Å². The van der Waals surface area contributed by atoms with Crippen LogP contribution in [0.5, 0.6) is 11.6 Å². The van der Waals surface area contributed by atoms with Crippen LogP contribution < -0.4 is 15.2 Å². The number of aromatic nitrogens is 1. The fourth-order valence-corrected chi connectivity index (χ4v) is 0.777. The molecule has 0 aliphatic carbocycles. The molecular weight excluding hydrogens is 172 g/mol. The molecule has 5 heteroatoms. The summed E-state index contributed by atoms with van der Waals surface area (Å²) in [5.41, 5.74) is 4.80. The minimum absolute atomic E-state index is 0.302. The lowest BCUT2D eigenvalue weighted by atomic mass is 10.4. The van der Waals surface area contributed by atoms with Gasteiger partial charge in [-0.3, -0.25) is 0 Å². The molecule has 70 valence electrons. The molecule has 0 aliphatic heterocycles. The average molecular weight is 182 g/mol. The smallest absolute Gasteiger partial charge is 0.410 e. The van der Waals surface area contributed by atoms with Gasteiger partial charge in [0.1, 0.15) is 0 Å². The van der Waals surface area contributed by atoms with Crippen molar-refractivity contribution in [3.63, 3.8) is 0 Å². The van der Waals surface area contributed by atoms with Crippen molar-refractivity contribution in [1.82, 2.24) is 4.98 Å². The third-order valence-electron chi connectivity index (χ3n) is 1.22. The van der Waals surface area contributed by atoms with E-state index in [1.807, 2.05) is 6.92 Å². The van der Waals surface area contributed by atoms with Gasteiger partial charge in [0.25, 0.3) is 0 Å². The van der Waals surface area contributed by atoms with E-state index in [-0.39, 0.29) is 0 Å². The van der Waals surface area contributed by atoms with Gasteiger partial charge in [0.05, 0.1) is 12.8 Å². The molecule has 0 radical (unpaired) electrons. The number of amides is 1. The van der Waals surface area contributed by atoms with Crippen molar-refractivity contribution in [3.8, 4) is 11.6 Å². The van der Waals surface area contributed by atoms with Gasteiger partial charge in [-0.2, -0.15) is 0 Å². The first kappa shape index (κ1) is 9.31. The third-order valence-corrected chi connectivity index (χ3v) is 1.22. The van der Waals surface area contributed by atoms with Gasteiger partial charge >= 0.3 is 6.09 Å². The highest BCUT2D eigenvalue weighted by molar-refractivity contribution is 5.67. The molecule has 1 aromatic heterocycles. The van der Waals surface area contributed by atoms with Gasteiger partial charge in [-0.05, 0) is 13.0 Å². The van der Waals surface area contributed by atoms with Gasteiger partial charge in [0.15, 0.2) is 5.75 Å². The molecule has 0 unspecified atom stereocenters. The Kier molecular flexibility index (Phi) is 3.08. The van der Waals surface area contributed by atoms with E-state index in [1.54, 1.807) is 12.1 Å². The number of nitrogens with zero attached hydrogens (tertiary/aromatic N) is 1. The van der Waals surface area contributed by atoms with Crippen LogP contribution >= 0.6 is 0 Å². The van der Waals surface area contributed by atoms with E-state index >= 15 is 0 Å². The summed E-state index contributed by atoms with van der Waals surface area (Å²) in [6.45, 7) is 2.40. The van der Waals surface area contributed by atoms with Crippen molar-refractivity contribution in [2.75, 3.05) is 6.61 Å². The van der Waals surface area contributed by atoms with Gasteiger partial charge in [-0.25, -0.2) is 9.78 Å². The Balaban J connectivity index is 2.64. The SMILES string of the molecule is CCOc1ccc(OC(N)=O)cn1. The van der Waals surface area contributed by atoms with E-state index in [0.29, 0.717) is 18.2 Å². The number of carbonyl (C=O) groups is 1. The second-order valence-corrected chi connectivity index (χ2v) is 2.19. The van der Waals surface area contributed by atoms with E-state index in [0.717, 1.165) is 0 Å². The van der Waals surface area contributed by atoms with E-state index in [9.17, 15) is 4.79 Å². The normalized spacial score (nSPS) is 9.31. The quantitative estimate of drug-likeness (QED) is 0.754. The molecule has 1 aromatic rings. The Labute approximate surface area is 75.5 Å². The molecule has 0 spiro atoms. The summed E-state index contributed by atoms with van der Waals surface area (Å²) in [6.07, 6.45) is 0.515. The molecule has 0 aromatic carbocycles. The Bertz CT molecular complexity index is 284. The molecule has 1 heterocycles. The summed E-state index contributed by atoms with van der Waals surface area (Å²) in [5.74, 6) is 0.787. The second kappa shape index (κ2) is 4.30. The van der Waals surface area contributed by atoms with Gasteiger partial charge in [0.2, 0.25) is 5.88 Å². The maximum Gasteiger partial charge on any atom is 0.410 e. The fourth-order valence-electron chi connectivity index (χ4n) is 0.777. The zero-order valence-electron chi connectivity index (χ0n) is 7.19. The highest BCUT2D eigenvalue weighted by Crippen LogP contribution is 2.13. The lowest BCUT2D eigenvalue weighted by Gasteiger charge is -2.02. The van der Waals surface area contributed by atoms with Crippen LogP contribution in [0.1, 0.15) is 6.92 Å². The van der Waals surface area contributed by atoms with Crippen molar-refractivity contribution < 1.29 is 14.3 Å². The predicted octanol–water partition coefficient (Wildman–Crippen LogP) is 0.938. The predicted molar refractivity (Wildman–Crippen MR) is 45.6 cm³/mol. The highest BCUT2D eigenvalue weighted by atomic mass is 16.5. The van der Waals surface area contributed by atoms with Gasteiger partial charge < -0.3 is 15.2 Å². The van der Waals surface area contributed by atoms with Crippen molar-refractivity contribution in [1.29, 1.82) is 0 Å². The van der Waals surface area contributed by atoms with Crippen LogP contribution in [-0.2, 0) is 0 Å². The zero-order valence-corrected chi connectivity index (χ0v) is 7.19.